The molecule has 0 bridgehead atoms. The highest BCUT2D eigenvalue weighted by Crippen LogP contribution is 2.19. The fraction of sp³-hybridized carbons (Fsp3) is 0.650. The van der Waals surface area contributed by atoms with Crippen LogP contribution in [0.4, 0.5) is 0 Å². The summed E-state index contributed by atoms with van der Waals surface area (Å²) in [5, 5.41) is 6.65. The SMILES string of the molecule is CN=C(NCCCOCC1CCOCC1)NCc1ccc(C)cc1OC.I. The number of hydrogen-bond donors (Lipinski definition) is 2. The van der Waals surface area contributed by atoms with Gasteiger partial charge in [-0.15, -0.1) is 24.0 Å². The highest BCUT2D eigenvalue weighted by atomic mass is 127. The van der Waals surface area contributed by atoms with E-state index in [1.165, 1.54) is 5.56 Å². The molecule has 0 atom stereocenters. The monoisotopic (exact) mass is 491 g/mol. The number of halogens is 1. The van der Waals surface area contributed by atoms with Gasteiger partial charge in [0.2, 0.25) is 0 Å². The van der Waals surface area contributed by atoms with Crippen LogP contribution in [0.25, 0.3) is 0 Å². The van der Waals surface area contributed by atoms with Crippen molar-refractivity contribution in [2.75, 3.05) is 47.1 Å². The molecule has 154 valence electrons. The molecule has 0 unspecified atom stereocenters. The minimum atomic E-state index is 0. The fourth-order valence-electron chi connectivity index (χ4n) is 2.94. The van der Waals surface area contributed by atoms with Crippen LogP contribution in [0.3, 0.4) is 0 Å². The number of rotatable bonds is 9. The molecule has 7 heteroatoms. The molecule has 0 aromatic heterocycles. The third-order valence-electron chi connectivity index (χ3n) is 4.56. The van der Waals surface area contributed by atoms with Gasteiger partial charge in [-0.3, -0.25) is 4.99 Å². The molecule has 1 aromatic carbocycles. The Balaban J connectivity index is 0.00000364. The van der Waals surface area contributed by atoms with Crippen LogP contribution in [-0.2, 0) is 16.0 Å². The molecule has 0 radical (unpaired) electrons. The van der Waals surface area contributed by atoms with Crippen molar-refractivity contribution in [2.45, 2.75) is 32.7 Å². The Morgan fingerprint density at radius 1 is 1.26 bits per heavy atom. The van der Waals surface area contributed by atoms with Crippen molar-refractivity contribution in [3.8, 4) is 5.75 Å². The number of aliphatic imine (C=N–C) groups is 1. The molecule has 0 amide bonds. The Bertz CT molecular complexity index is 563. The number of benzene rings is 1. The molecule has 0 aliphatic carbocycles. The van der Waals surface area contributed by atoms with E-state index in [1.807, 2.05) is 6.07 Å². The second kappa shape index (κ2) is 14.0. The van der Waals surface area contributed by atoms with E-state index in [-0.39, 0.29) is 24.0 Å². The lowest BCUT2D eigenvalue weighted by Gasteiger charge is -2.21. The van der Waals surface area contributed by atoms with Gasteiger partial charge in [0.1, 0.15) is 5.75 Å². The Morgan fingerprint density at radius 3 is 2.74 bits per heavy atom. The third-order valence-corrected chi connectivity index (χ3v) is 4.56. The van der Waals surface area contributed by atoms with Crippen molar-refractivity contribution in [3.63, 3.8) is 0 Å². The van der Waals surface area contributed by atoms with Gasteiger partial charge >= 0.3 is 0 Å². The smallest absolute Gasteiger partial charge is 0.191 e. The Morgan fingerprint density at radius 2 is 2.04 bits per heavy atom. The van der Waals surface area contributed by atoms with Gasteiger partial charge in [-0.1, -0.05) is 12.1 Å². The van der Waals surface area contributed by atoms with E-state index >= 15 is 0 Å². The van der Waals surface area contributed by atoms with Crippen LogP contribution in [0.15, 0.2) is 23.2 Å². The zero-order valence-electron chi connectivity index (χ0n) is 16.8. The maximum atomic E-state index is 5.79. The van der Waals surface area contributed by atoms with E-state index in [4.69, 9.17) is 14.2 Å². The Labute approximate surface area is 180 Å². The van der Waals surface area contributed by atoms with Crippen LogP contribution in [0.2, 0.25) is 0 Å². The molecular weight excluding hydrogens is 457 g/mol. The van der Waals surface area contributed by atoms with E-state index in [9.17, 15) is 0 Å². The third kappa shape index (κ3) is 9.12. The van der Waals surface area contributed by atoms with E-state index in [0.717, 1.165) is 69.5 Å². The standard InChI is InChI=1S/C20H33N3O3.HI/c1-16-5-6-18(19(13-16)24-3)14-23-20(21-2)22-9-4-10-26-15-17-7-11-25-12-8-17;/h5-6,13,17H,4,7-12,14-15H2,1-3H3,(H2,21,22,23);1H. The predicted molar refractivity (Wildman–Crippen MR) is 120 cm³/mol. The summed E-state index contributed by atoms with van der Waals surface area (Å²) in [5.41, 5.74) is 2.30. The molecule has 0 spiro atoms. The van der Waals surface area contributed by atoms with Gasteiger partial charge in [-0.25, -0.2) is 0 Å². The van der Waals surface area contributed by atoms with Gasteiger partial charge < -0.3 is 24.8 Å². The molecule has 27 heavy (non-hydrogen) atoms. The van der Waals surface area contributed by atoms with Crippen LogP contribution in [0.5, 0.6) is 5.75 Å². The van der Waals surface area contributed by atoms with Crippen molar-refractivity contribution in [1.29, 1.82) is 0 Å². The maximum absolute atomic E-state index is 5.79. The summed E-state index contributed by atoms with van der Waals surface area (Å²) in [5.74, 6) is 2.35. The molecular formula is C20H34IN3O3. The van der Waals surface area contributed by atoms with Gasteiger partial charge in [-0.2, -0.15) is 0 Å². The lowest BCUT2D eigenvalue weighted by molar-refractivity contribution is 0.0203. The number of methoxy groups -OCH3 is 1. The zero-order valence-corrected chi connectivity index (χ0v) is 19.1. The average molecular weight is 491 g/mol. The maximum Gasteiger partial charge on any atom is 0.191 e. The van der Waals surface area contributed by atoms with E-state index in [1.54, 1.807) is 14.2 Å². The number of ether oxygens (including phenoxy) is 3. The van der Waals surface area contributed by atoms with E-state index in [2.05, 4.69) is 34.7 Å². The summed E-state index contributed by atoms with van der Waals surface area (Å²) in [7, 11) is 3.48. The Hall–Kier alpha value is -1.06. The van der Waals surface area contributed by atoms with Gasteiger partial charge in [0.25, 0.3) is 0 Å². The van der Waals surface area contributed by atoms with Gasteiger partial charge in [0.15, 0.2) is 5.96 Å². The summed E-state index contributed by atoms with van der Waals surface area (Å²) in [4.78, 5) is 4.27. The fourth-order valence-corrected chi connectivity index (χ4v) is 2.94. The summed E-state index contributed by atoms with van der Waals surface area (Å²) in [6.45, 7) is 6.94. The van der Waals surface area contributed by atoms with Crippen molar-refractivity contribution in [2.24, 2.45) is 10.9 Å². The molecule has 1 aliphatic rings. The van der Waals surface area contributed by atoms with Crippen LogP contribution < -0.4 is 15.4 Å². The minimum absolute atomic E-state index is 0. The van der Waals surface area contributed by atoms with Crippen LogP contribution >= 0.6 is 24.0 Å². The van der Waals surface area contributed by atoms with Crippen molar-refractivity contribution in [1.82, 2.24) is 10.6 Å². The predicted octanol–water partition coefficient (Wildman–Crippen LogP) is 3.12. The molecule has 1 aromatic rings. The first kappa shape index (κ1) is 24.0. The summed E-state index contributed by atoms with van der Waals surface area (Å²) in [6.07, 6.45) is 3.20. The number of nitrogens with one attached hydrogen (secondary N) is 2. The zero-order chi connectivity index (χ0) is 18.6. The molecule has 2 N–H and O–H groups in total. The molecule has 2 rings (SSSR count). The number of guanidine groups is 1. The van der Waals surface area contributed by atoms with Crippen LogP contribution in [-0.4, -0.2) is 53.1 Å². The molecule has 1 saturated heterocycles. The van der Waals surface area contributed by atoms with Gasteiger partial charge in [-0.05, 0) is 43.7 Å². The van der Waals surface area contributed by atoms with Crippen molar-refractivity contribution >= 4 is 29.9 Å². The number of nitrogens with zero attached hydrogens (tertiary/aromatic N) is 1. The highest BCUT2D eigenvalue weighted by molar-refractivity contribution is 14.0. The largest absolute Gasteiger partial charge is 0.496 e. The van der Waals surface area contributed by atoms with E-state index in [0.29, 0.717) is 12.5 Å². The normalized spacial score (nSPS) is 15.1. The van der Waals surface area contributed by atoms with Gasteiger partial charge in [0.05, 0.1) is 7.11 Å². The highest BCUT2D eigenvalue weighted by Gasteiger charge is 2.13. The molecule has 1 fully saturated rings. The summed E-state index contributed by atoms with van der Waals surface area (Å²) >= 11 is 0. The molecule has 6 nitrogen and oxygen atoms in total. The first-order valence-electron chi connectivity index (χ1n) is 9.46. The summed E-state index contributed by atoms with van der Waals surface area (Å²) in [6, 6.07) is 6.22. The first-order valence-corrected chi connectivity index (χ1v) is 9.46. The second-order valence-corrected chi connectivity index (χ2v) is 6.65. The first-order chi connectivity index (χ1) is 12.7. The topological polar surface area (TPSA) is 64.1 Å². The Kier molecular flexibility index (Phi) is 12.4. The number of aryl methyl sites for hydroxylation is 1. The van der Waals surface area contributed by atoms with Crippen LogP contribution in [0, 0.1) is 12.8 Å². The van der Waals surface area contributed by atoms with Crippen molar-refractivity contribution in [3.05, 3.63) is 29.3 Å². The molecule has 1 heterocycles. The van der Waals surface area contributed by atoms with Crippen LogP contribution in [0.1, 0.15) is 30.4 Å². The lowest BCUT2D eigenvalue weighted by Crippen LogP contribution is -2.37. The quantitative estimate of drug-likeness (QED) is 0.241. The summed E-state index contributed by atoms with van der Waals surface area (Å²) < 4.78 is 16.6. The van der Waals surface area contributed by atoms with Crippen molar-refractivity contribution < 1.29 is 14.2 Å². The lowest BCUT2D eigenvalue weighted by atomic mass is 10.0. The minimum Gasteiger partial charge on any atom is -0.496 e. The molecule has 0 saturated carbocycles. The second-order valence-electron chi connectivity index (χ2n) is 6.65. The number of hydrogen-bond acceptors (Lipinski definition) is 4. The molecule has 1 aliphatic heterocycles. The average Bonchev–Trinajstić information content (AvgIpc) is 2.68. The van der Waals surface area contributed by atoms with E-state index < -0.39 is 0 Å². The van der Waals surface area contributed by atoms with Gasteiger partial charge in [0, 0.05) is 52.1 Å².